The molecule has 3 aliphatic heterocycles. The van der Waals surface area contributed by atoms with Crippen LogP contribution in [0.15, 0.2) is 36.5 Å². The zero-order valence-corrected chi connectivity index (χ0v) is 18.9. The molecule has 2 amide bonds. The minimum Gasteiger partial charge on any atom is -0.350 e. The Morgan fingerprint density at radius 1 is 1.15 bits per heavy atom. The van der Waals surface area contributed by atoms with Crippen molar-refractivity contribution in [2.45, 2.75) is 38.0 Å². The van der Waals surface area contributed by atoms with Crippen molar-refractivity contribution >= 4 is 35.2 Å². The van der Waals surface area contributed by atoms with Gasteiger partial charge in [0.2, 0.25) is 5.91 Å². The molecule has 3 aliphatic rings. The van der Waals surface area contributed by atoms with Crippen molar-refractivity contribution in [1.29, 1.82) is 0 Å². The zero-order valence-electron chi connectivity index (χ0n) is 18.9. The second kappa shape index (κ2) is 8.70. The van der Waals surface area contributed by atoms with E-state index in [1.165, 1.54) is 11.8 Å². The van der Waals surface area contributed by atoms with Gasteiger partial charge in [0, 0.05) is 44.9 Å². The molecule has 5 rings (SSSR count). The quantitative estimate of drug-likeness (QED) is 0.733. The Labute approximate surface area is 196 Å². The van der Waals surface area contributed by atoms with Crippen molar-refractivity contribution in [2.75, 3.05) is 36.4 Å². The number of nitrogens with zero attached hydrogens (tertiary/aromatic N) is 4. The summed E-state index contributed by atoms with van der Waals surface area (Å²) >= 11 is 0. The number of pyridine rings is 1. The lowest BCUT2D eigenvalue weighted by Crippen LogP contribution is -2.36. The largest absolute Gasteiger partial charge is 0.350 e. The fourth-order valence-corrected chi connectivity index (χ4v) is 4.84. The summed E-state index contributed by atoms with van der Waals surface area (Å²) in [6.07, 6.45) is 4.74. The molecule has 0 unspecified atom stereocenters. The first-order chi connectivity index (χ1) is 16.3. The number of likely N-dealkylation sites (tertiary alicyclic amines) is 1. The highest BCUT2D eigenvalue weighted by atomic mass is 19.3. The third-order valence-electron chi connectivity index (χ3n) is 6.77. The van der Waals surface area contributed by atoms with E-state index < -0.39 is 18.4 Å². The molecule has 34 heavy (non-hydrogen) atoms. The number of amides is 2. The topological polar surface area (TPSA) is 79.6 Å². The summed E-state index contributed by atoms with van der Waals surface area (Å²) in [5, 5.41) is 7.06. The molecule has 0 bridgehead atoms. The maximum Gasteiger partial charge on any atom is 0.281 e. The SMILES string of the molecule is CC(=O)N1CCC(c2ccc(Nc3nc(N4CCC(F)(F)C4)cc4c3C(=O)[N]C=C4)cc2)CC1. The Bertz CT molecular complexity index is 1140. The number of hydrogen-bond donors (Lipinski definition) is 1. The van der Waals surface area contributed by atoms with E-state index in [0.717, 1.165) is 31.6 Å². The average molecular weight is 467 g/mol. The van der Waals surface area contributed by atoms with E-state index in [1.807, 2.05) is 29.2 Å². The first kappa shape index (κ1) is 22.3. The summed E-state index contributed by atoms with van der Waals surface area (Å²) in [4.78, 5) is 32.0. The van der Waals surface area contributed by atoms with Crippen molar-refractivity contribution < 1.29 is 18.4 Å². The molecule has 7 nitrogen and oxygen atoms in total. The minimum absolute atomic E-state index is 0.116. The molecule has 177 valence electrons. The van der Waals surface area contributed by atoms with Gasteiger partial charge in [-0.15, -0.1) is 0 Å². The number of rotatable bonds is 4. The van der Waals surface area contributed by atoms with Crippen LogP contribution in [-0.4, -0.2) is 53.8 Å². The van der Waals surface area contributed by atoms with Crippen molar-refractivity contribution in [3.8, 4) is 0 Å². The number of anilines is 3. The van der Waals surface area contributed by atoms with Gasteiger partial charge in [0.15, 0.2) is 0 Å². The number of benzene rings is 1. The van der Waals surface area contributed by atoms with E-state index in [4.69, 9.17) is 0 Å². The van der Waals surface area contributed by atoms with Gasteiger partial charge in [-0.2, -0.15) is 0 Å². The number of alkyl halides is 2. The Kier molecular flexibility index (Phi) is 5.71. The van der Waals surface area contributed by atoms with Crippen molar-refractivity contribution in [2.24, 2.45) is 0 Å². The molecule has 2 saturated heterocycles. The normalized spacial score (nSPS) is 19.7. The van der Waals surface area contributed by atoms with Crippen LogP contribution in [0.2, 0.25) is 0 Å². The summed E-state index contributed by atoms with van der Waals surface area (Å²) < 4.78 is 27.6. The molecular weight excluding hydrogens is 440 g/mol. The lowest BCUT2D eigenvalue weighted by Gasteiger charge is -2.31. The molecular formula is C25H26F2N5O2. The van der Waals surface area contributed by atoms with Gasteiger partial charge in [-0.25, -0.2) is 19.1 Å². The second-order valence-corrected chi connectivity index (χ2v) is 9.10. The molecule has 2 aromatic rings. The number of carbonyl (C=O) groups excluding carboxylic acids is 2. The lowest BCUT2D eigenvalue weighted by molar-refractivity contribution is -0.129. The Morgan fingerprint density at radius 3 is 2.53 bits per heavy atom. The molecule has 0 aliphatic carbocycles. The van der Waals surface area contributed by atoms with Crippen LogP contribution in [0.5, 0.6) is 0 Å². The smallest absolute Gasteiger partial charge is 0.281 e. The van der Waals surface area contributed by atoms with Crippen LogP contribution in [0.4, 0.5) is 26.1 Å². The van der Waals surface area contributed by atoms with Gasteiger partial charge in [0.25, 0.3) is 11.8 Å². The molecule has 0 atom stereocenters. The fourth-order valence-electron chi connectivity index (χ4n) is 4.84. The Morgan fingerprint density at radius 2 is 1.88 bits per heavy atom. The van der Waals surface area contributed by atoms with Gasteiger partial charge in [0.05, 0.1) is 12.1 Å². The molecule has 4 heterocycles. The average Bonchev–Trinajstić information content (AvgIpc) is 3.19. The zero-order chi connectivity index (χ0) is 23.9. The van der Waals surface area contributed by atoms with Crippen molar-refractivity contribution in [1.82, 2.24) is 15.2 Å². The first-order valence-corrected chi connectivity index (χ1v) is 11.5. The number of halogens is 2. The number of aromatic nitrogens is 1. The number of nitrogens with one attached hydrogen (secondary N) is 1. The summed E-state index contributed by atoms with van der Waals surface area (Å²) in [6, 6.07) is 9.61. The predicted octanol–water partition coefficient (Wildman–Crippen LogP) is 4.13. The highest BCUT2D eigenvalue weighted by molar-refractivity contribution is 6.05. The molecule has 2 fully saturated rings. The summed E-state index contributed by atoms with van der Waals surface area (Å²) in [7, 11) is 0. The standard InChI is InChI=1S/C25H26F2N5O2/c1-16(33)31-11-7-18(8-12-31)17-2-4-20(5-3-17)29-23-22-19(6-10-28-24(22)34)14-21(30-23)32-13-9-25(26,27)15-32/h2-6,10,14,18H,7-9,11-13,15H2,1H3,(H,29,30). The summed E-state index contributed by atoms with van der Waals surface area (Å²) in [5.41, 5.74) is 2.88. The molecule has 1 N–H and O–H groups in total. The summed E-state index contributed by atoms with van der Waals surface area (Å²) in [5.74, 6) is -1.94. The first-order valence-electron chi connectivity index (χ1n) is 11.5. The van der Waals surface area contributed by atoms with E-state index in [2.05, 4.69) is 15.6 Å². The maximum atomic E-state index is 13.8. The van der Waals surface area contributed by atoms with Gasteiger partial charge in [-0.05, 0) is 54.2 Å². The highest BCUT2D eigenvalue weighted by Gasteiger charge is 2.39. The van der Waals surface area contributed by atoms with E-state index >= 15 is 0 Å². The maximum absolute atomic E-state index is 13.8. The molecule has 1 radical (unpaired) electrons. The van der Waals surface area contributed by atoms with Crippen molar-refractivity contribution in [3.05, 3.63) is 53.2 Å². The van der Waals surface area contributed by atoms with Gasteiger partial charge in [0.1, 0.15) is 11.6 Å². The van der Waals surface area contributed by atoms with Gasteiger partial charge in [-0.1, -0.05) is 12.1 Å². The molecule has 0 spiro atoms. The van der Waals surface area contributed by atoms with Crippen LogP contribution < -0.4 is 15.5 Å². The molecule has 1 aromatic heterocycles. The highest BCUT2D eigenvalue weighted by Crippen LogP contribution is 2.35. The van der Waals surface area contributed by atoms with Gasteiger partial charge >= 0.3 is 0 Å². The van der Waals surface area contributed by atoms with E-state index in [-0.39, 0.29) is 18.9 Å². The molecule has 0 saturated carbocycles. The predicted molar refractivity (Wildman–Crippen MR) is 125 cm³/mol. The molecule has 9 heteroatoms. The van der Waals surface area contributed by atoms with Crippen LogP contribution in [0, 0.1) is 0 Å². The van der Waals surface area contributed by atoms with E-state index in [9.17, 15) is 18.4 Å². The van der Waals surface area contributed by atoms with Gasteiger partial charge in [-0.3, -0.25) is 9.59 Å². The van der Waals surface area contributed by atoms with E-state index in [1.54, 1.807) is 24.0 Å². The summed E-state index contributed by atoms with van der Waals surface area (Å²) in [6.45, 7) is 2.94. The Balaban J connectivity index is 1.37. The van der Waals surface area contributed by atoms with Crippen LogP contribution >= 0.6 is 0 Å². The van der Waals surface area contributed by atoms with Crippen LogP contribution in [0.25, 0.3) is 6.08 Å². The van der Waals surface area contributed by atoms with Crippen LogP contribution in [-0.2, 0) is 4.79 Å². The Hall–Kier alpha value is -3.49. The monoisotopic (exact) mass is 466 g/mol. The number of carbonyl (C=O) groups is 2. The van der Waals surface area contributed by atoms with Crippen LogP contribution in [0.3, 0.4) is 0 Å². The number of hydrogen-bond acceptors (Lipinski definition) is 5. The minimum atomic E-state index is -2.75. The van der Waals surface area contributed by atoms with Crippen LogP contribution in [0.1, 0.15) is 53.6 Å². The second-order valence-electron chi connectivity index (χ2n) is 9.10. The van der Waals surface area contributed by atoms with Gasteiger partial charge < -0.3 is 15.1 Å². The van der Waals surface area contributed by atoms with E-state index in [0.29, 0.717) is 28.7 Å². The fraction of sp³-hybridized carbons (Fsp3) is 0.400. The molecule has 1 aromatic carbocycles. The van der Waals surface area contributed by atoms with Crippen molar-refractivity contribution in [3.63, 3.8) is 0 Å². The lowest BCUT2D eigenvalue weighted by atomic mass is 9.89. The number of piperidine rings is 1. The third kappa shape index (κ3) is 4.47. The number of fused-ring (bicyclic) bond motifs is 1. The third-order valence-corrected chi connectivity index (χ3v) is 6.77.